The SMILES string of the molecule is CC(C)(C)S(=O)NC1(c2ccc(Cl)cc2)CCN(C(=O)OCc2ccccc2)CC1.[C-]#[N+]c1cnn2cc(OCC(C)(C)O)cc(-c3ccc(C4(NS(=O)C(C)(C)C)CCN(C(=O)OCc5ccccc5)CC4)cc3)c12.[C-]#[N+]c1cnn2cc(OCC(C)(C)O)cc(B3OC(C)(C)C(C)(C)O3)c12. The fourth-order valence-corrected chi connectivity index (χ4v) is 13.6. The molecular formula is C76H94BClN10O12S2. The van der Waals surface area contributed by atoms with Gasteiger partial charge in [0.15, 0.2) is 0 Å². The number of likely N-dealkylation sites (tertiary alicyclic amines) is 2. The molecule has 2 unspecified atom stereocenters. The number of nitrogens with zero attached hydrogens (tertiary/aromatic N) is 8. The summed E-state index contributed by atoms with van der Waals surface area (Å²) in [6.07, 6.45) is 8.10. The van der Waals surface area contributed by atoms with Crippen LogP contribution in [0.25, 0.3) is 31.9 Å². The van der Waals surface area contributed by atoms with Gasteiger partial charge in [0, 0.05) is 42.2 Å². The molecule has 7 heterocycles. The van der Waals surface area contributed by atoms with Crippen LogP contribution in [0.4, 0.5) is 21.0 Å². The Bertz CT molecular complexity index is 4330. The third kappa shape index (κ3) is 19.5. The van der Waals surface area contributed by atoms with Gasteiger partial charge in [-0.05, 0) is 175 Å². The maximum Gasteiger partial charge on any atom is 0.495 e. The molecule has 0 saturated carbocycles. The van der Waals surface area contributed by atoms with E-state index < -0.39 is 72.1 Å². The Morgan fingerprint density at radius 2 is 0.971 bits per heavy atom. The molecule has 3 aliphatic heterocycles. The zero-order valence-electron chi connectivity index (χ0n) is 60.7. The molecule has 2 atom stereocenters. The third-order valence-corrected chi connectivity index (χ3v) is 21.7. The number of nitrogens with one attached hydrogen (secondary N) is 2. The highest BCUT2D eigenvalue weighted by atomic mass is 35.5. The van der Waals surface area contributed by atoms with Crippen LogP contribution in [0.5, 0.6) is 11.5 Å². The van der Waals surface area contributed by atoms with Crippen molar-refractivity contribution >= 4 is 80.7 Å². The Kier molecular flexibility index (Phi) is 24.3. The largest absolute Gasteiger partial charge is 0.495 e. The molecule has 4 N–H and O–H groups in total. The zero-order valence-corrected chi connectivity index (χ0v) is 63.1. The number of piperidine rings is 2. The molecule has 2 amide bonds. The van der Waals surface area contributed by atoms with Crippen LogP contribution >= 0.6 is 11.6 Å². The normalized spacial score (nSPS) is 17.0. The molecule has 3 saturated heterocycles. The van der Waals surface area contributed by atoms with Crippen LogP contribution in [-0.4, -0.2) is 138 Å². The van der Waals surface area contributed by atoms with Crippen LogP contribution in [0.2, 0.25) is 5.02 Å². The van der Waals surface area contributed by atoms with Crippen molar-refractivity contribution in [3.05, 3.63) is 196 Å². The first-order valence-corrected chi connectivity index (χ1v) is 36.6. The first-order chi connectivity index (χ1) is 47.9. The molecule has 542 valence electrons. The number of aliphatic hydroxyl groups is 2. The summed E-state index contributed by atoms with van der Waals surface area (Å²) in [5.74, 6) is 1.03. The quantitative estimate of drug-likeness (QED) is 0.0462. The molecule has 11 rings (SSSR count). The Hall–Kier alpha value is -8.21. The van der Waals surface area contributed by atoms with Crippen LogP contribution in [0, 0.1) is 13.1 Å². The van der Waals surface area contributed by atoms with Crippen molar-refractivity contribution in [1.82, 2.24) is 38.5 Å². The summed E-state index contributed by atoms with van der Waals surface area (Å²) >= 11 is 6.07. The van der Waals surface area contributed by atoms with Gasteiger partial charge in [-0.3, -0.25) is 0 Å². The molecule has 0 spiro atoms. The molecule has 8 aromatic rings. The molecule has 3 fully saturated rings. The molecule has 0 bridgehead atoms. The number of pyridine rings is 2. The van der Waals surface area contributed by atoms with Gasteiger partial charge >= 0.3 is 19.3 Å². The van der Waals surface area contributed by atoms with E-state index in [1.54, 1.807) is 65.0 Å². The maximum atomic E-state index is 13.5. The van der Waals surface area contributed by atoms with Crippen molar-refractivity contribution in [3.8, 4) is 22.6 Å². The number of amides is 2. The van der Waals surface area contributed by atoms with Crippen molar-refractivity contribution < 1.29 is 56.5 Å². The molecule has 22 nitrogen and oxygen atoms in total. The van der Waals surface area contributed by atoms with Gasteiger partial charge in [-0.15, -0.1) is 0 Å². The average Bonchev–Trinajstić information content (AvgIpc) is 1.56. The Morgan fingerprint density at radius 1 is 0.588 bits per heavy atom. The summed E-state index contributed by atoms with van der Waals surface area (Å²) in [7, 11) is -3.26. The summed E-state index contributed by atoms with van der Waals surface area (Å²) in [6, 6.07) is 38.5. The third-order valence-electron chi connectivity index (χ3n) is 18.1. The molecule has 3 aliphatic rings. The van der Waals surface area contributed by atoms with Crippen molar-refractivity contribution in [2.75, 3.05) is 39.4 Å². The number of benzene rings is 4. The Balaban J connectivity index is 0.000000188. The van der Waals surface area contributed by atoms with Gasteiger partial charge in [-0.25, -0.2) is 46.2 Å². The minimum atomic E-state index is -1.36. The highest BCUT2D eigenvalue weighted by molar-refractivity contribution is 7.84. The Morgan fingerprint density at radius 3 is 1.36 bits per heavy atom. The fourth-order valence-electron chi connectivity index (χ4n) is 11.5. The minimum Gasteiger partial charge on any atom is -0.489 e. The van der Waals surface area contributed by atoms with E-state index in [1.165, 1.54) is 12.4 Å². The van der Waals surface area contributed by atoms with Gasteiger partial charge in [0.05, 0.1) is 114 Å². The lowest BCUT2D eigenvalue weighted by molar-refractivity contribution is 0.00578. The summed E-state index contributed by atoms with van der Waals surface area (Å²) < 4.78 is 70.5. The van der Waals surface area contributed by atoms with E-state index in [4.69, 9.17) is 53.0 Å². The van der Waals surface area contributed by atoms with Gasteiger partial charge in [0.25, 0.3) is 0 Å². The molecule has 102 heavy (non-hydrogen) atoms. The predicted molar refractivity (Wildman–Crippen MR) is 399 cm³/mol. The van der Waals surface area contributed by atoms with Gasteiger partial charge in [0.2, 0.25) is 11.4 Å². The number of ether oxygens (including phenoxy) is 4. The second-order valence-electron chi connectivity index (χ2n) is 30.1. The number of fused-ring (bicyclic) bond motifs is 2. The topological polar surface area (TPSA) is 238 Å². The summed E-state index contributed by atoms with van der Waals surface area (Å²) in [6.45, 7) is 43.9. The van der Waals surface area contributed by atoms with Crippen LogP contribution in [-0.2, 0) is 65.0 Å². The zero-order chi connectivity index (χ0) is 74.2. The standard InChI is InChI=1S/C35H41N5O5S.C23H29ClN2O3S.C18H24BN3O4/c1-33(2,3)46(43)38-35(16-18-39(19-17-35)32(41)44-23-25-10-8-7-9-11-25)27-14-12-26(13-15-27)29-20-28(45-24-34(4,5)42)22-40-31(29)30(36-6)21-37-40;1-22(2,3)30(28)25-23(19-9-11-20(24)12-10-19)13-15-26(16-14-23)21(27)29-17-18-7-5-4-6-8-18;1-16(2,23)11-24-12-8-13(15-14(20-7)9-21-22(15)10-12)19-25-17(3,4)18(5,6)26-19/h7-15,20-22,38,42H,16-19,23-24H2,1-5H3;4-12,25H,13-17H2,1-3H3;8-10,23H,11H2,1-6H3. The number of aromatic nitrogens is 4. The van der Waals surface area contributed by atoms with E-state index in [0.717, 1.165) is 33.4 Å². The highest BCUT2D eigenvalue weighted by Gasteiger charge is 2.53. The van der Waals surface area contributed by atoms with Crippen LogP contribution in [0.15, 0.2) is 146 Å². The van der Waals surface area contributed by atoms with Crippen LogP contribution in [0.1, 0.15) is 145 Å². The number of hydrogen-bond donors (Lipinski definition) is 4. The van der Waals surface area contributed by atoms with E-state index in [-0.39, 0.29) is 38.6 Å². The first-order valence-electron chi connectivity index (χ1n) is 33.9. The smallest absolute Gasteiger partial charge is 0.489 e. The van der Waals surface area contributed by atoms with Gasteiger partial charge in [-0.2, -0.15) is 10.2 Å². The molecule has 26 heteroatoms. The van der Waals surface area contributed by atoms with E-state index in [2.05, 4.69) is 29.3 Å². The van der Waals surface area contributed by atoms with Crippen LogP contribution in [0.3, 0.4) is 0 Å². The van der Waals surface area contributed by atoms with Crippen molar-refractivity contribution in [2.45, 2.75) is 179 Å². The average molecular weight is 1450 g/mol. The molecular weight excluding hydrogens is 1360 g/mol. The monoisotopic (exact) mass is 1450 g/mol. The van der Waals surface area contributed by atoms with E-state index in [9.17, 15) is 28.2 Å². The second-order valence-corrected chi connectivity index (χ2v) is 34.5. The predicted octanol–water partition coefficient (Wildman–Crippen LogP) is 13.7. The lowest BCUT2D eigenvalue weighted by Gasteiger charge is -2.43. The summed E-state index contributed by atoms with van der Waals surface area (Å²) in [4.78, 5) is 36.1. The number of carbonyl (C=O) groups is 2. The maximum absolute atomic E-state index is 13.5. The van der Waals surface area contributed by atoms with Gasteiger partial charge < -0.3 is 48.3 Å². The molecule has 4 aromatic carbocycles. The van der Waals surface area contributed by atoms with E-state index in [0.29, 0.717) is 96.3 Å². The molecule has 4 aromatic heterocycles. The van der Waals surface area contributed by atoms with Gasteiger partial charge in [-0.1, -0.05) is 109 Å². The van der Waals surface area contributed by atoms with E-state index in [1.807, 2.05) is 184 Å². The molecule has 0 radical (unpaired) electrons. The van der Waals surface area contributed by atoms with Crippen molar-refractivity contribution in [3.63, 3.8) is 0 Å². The van der Waals surface area contributed by atoms with E-state index >= 15 is 0 Å². The number of carbonyl (C=O) groups excluding carboxylic acids is 2. The fraction of sp³-hybridized carbons (Fsp3) is 0.447. The molecule has 0 aliphatic carbocycles. The number of halogens is 1. The summed E-state index contributed by atoms with van der Waals surface area (Å²) in [5.41, 5.74) is 4.16. The van der Waals surface area contributed by atoms with Crippen LogP contribution < -0.4 is 24.4 Å². The number of hydrogen-bond acceptors (Lipinski definition) is 14. The second kappa shape index (κ2) is 31.8. The number of rotatable bonds is 18. The van der Waals surface area contributed by atoms with Crippen molar-refractivity contribution in [2.24, 2.45) is 0 Å². The lowest BCUT2D eigenvalue weighted by atomic mass is 9.78. The van der Waals surface area contributed by atoms with Gasteiger partial charge in [0.1, 0.15) is 37.9 Å². The lowest BCUT2D eigenvalue weighted by Crippen LogP contribution is -2.55. The highest BCUT2D eigenvalue weighted by Crippen LogP contribution is 2.42. The first kappa shape index (κ1) is 77.9. The minimum absolute atomic E-state index is 0.0871. The van der Waals surface area contributed by atoms with Crippen molar-refractivity contribution in [1.29, 1.82) is 0 Å². The Labute approximate surface area is 609 Å². The summed E-state index contributed by atoms with van der Waals surface area (Å²) in [5, 5.41) is 29.4.